The molecule has 0 saturated heterocycles. The van der Waals surface area contributed by atoms with E-state index in [-0.39, 0.29) is 11.9 Å². The second-order valence-corrected chi connectivity index (χ2v) is 5.81. The van der Waals surface area contributed by atoms with Gasteiger partial charge in [0.2, 0.25) is 11.7 Å². The van der Waals surface area contributed by atoms with Crippen LogP contribution in [0.25, 0.3) is 0 Å². The minimum atomic E-state index is -0.226. The smallest absolute Gasteiger partial charge is 0.220 e. The number of nitrogens with two attached hydrogens (primary N) is 1. The molecule has 6 heteroatoms. The second kappa shape index (κ2) is 9.68. The van der Waals surface area contributed by atoms with E-state index >= 15 is 0 Å². The Morgan fingerprint density at radius 1 is 1.00 bits per heavy atom. The Labute approximate surface area is 154 Å². The van der Waals surface area contributed by atoms with Crippen molar-refractivity contribution in [1.29, 1.82) is 0 Å². The number of benzene rings is 2. The predicted molar refractivity (Wildman–Crippen MR) is 101 cm³/mol. The zero-order valence-corrected chi connectivity index (χ0v) is 15.5. The van der Waals surface area contributed by atoms with Crippen LogP contribution in [0.5, 0.6) is 17.2 Å². The number of hydrogen-bond donors (Lipinski definition) is 2. The van der Waals surface area contributed by atoms with Crippen LogP contribution in [0.4, 0.5) is 0 Å². The van der Waals surface area contributed by atoms with Crippen molar-refractivity contribution in [1.82, 2.24) is 5.32 Å². The number of carbonyl (C=O) groups is 1. The minimum Gasteiger partial charge on any atom is -0.493 e. The van der Waals surface area contributed by atoms with Crippen LogP contribution >= 0.6 is 0 Å². The number of amides is 1. The molecule has 140 valence electrons. The first-order chi connectivity index (χ1) is 12.6. The van der Waals surface area contributed by atoms with Crippen LogP contribution in [0.2, 0.25) is 0 Å². The fourth-order valence-corrected chi connectivity index (χ4v) is 2.74. The van der Waals surface area contributed by atoms with Gasteiger partial charge in [-0.25, -0.2) is 0 Å². The molecule has 0 aliphatic heterocycles. The Balaban J connectivity index is 1.93. The zero-order chi connectivity index (χ0) is 18.9. The molecule has 2 aromatic carbocycles. The largest absolute Gasteiger partial charge is 0.493 e. The first-order valence-electron chi connectivity index (χ1n) is 8.45. The van der Waals surface area contributed by atoms with Crippen LogP contribution in [0.3, 0.4) is 0 Å². The highest BCUT2D eigenvalue weighted by Gasteiger charge is 2.16. The molecule has 2 rings (SSSR count). The molecule has 0 heterocycles. The Morgan fingerprint density at radius 2 is 1.69 bits per heavy atom. The SMILES string of the molecule is COc1ccc(CCC(=O)NCC(N)c2ccccc2)c(OC)c1OC. The molecule has 2 aromatic rings. The number of hydrogen-bond acceptors (Lipinski definition) is 5. The van der Waals surface area contributed by atoms with Gasteiger partial charge in [-0.3, -0.25) is 4.79 Å². The summed E-state index contributed by atoms with van der Waals surface area (Å²) in [7, 11) is 4.70. The van der Waals surface area contributed by atoms with E-state index in [0.717, 1.165) is 11.1 Å². The van der Waals surface area contributed by atoms with E-state index < -0.39 is 0 Å². The summed E-state index contributed by atoms with van der Waals surface area (Å²) >= 11 is 0. The first kappa shape index (κ1) is 19.6. The van der Waals surface area contributed by atoms with Crippen molar-refractivity contribution in [3.05, 3.63) is 53.6 Å². The fraction of sp³-hybridized carbons (Fsp3) is 0.350. The van der Waals surface area contributed by atoms with Crippen molar-refractivity contribution in [3.63, 3.8) is 0 Å². The molecule has 1 amide bonds. The average molecular weight is 358 g/mol. The lowest BCUT2D eigenvalue weighted by atomic mass is 10.1. The van der Waals surface area contributed by atoms with Gasteiger partial charge in [0.1, 0.15) is 0 Å². The summed E-state index contributed by atoms with van der Waals surface area (Å²) in [5.41, 5.74) is 7.98. The standard InChI is InChI=1S/C20H26N2O4/c1-24-17-11-9-15(19(25-2)20(17)26-3)10-12-18(23)22-13-16(21)14-7-5-4-6-8-14/h4-9,11,16H,10,12-13,21H2,1-3H3,(H,22,23). The minimum absolute atomic E-state index is 0.0618. The summed E-state index contributed by atoms with van der Waals surface area (Å²) in [5.74, 6) is 1.64. The monoisotopic (exact) mass is 358 g/mol. The molecule has 0 radical (unpaired) electrons. The maximum Gasteiger partial charge on any atom is 0.220 e. The van der Waals surface area contributed by atoms with Crippen LogP contribution < -0.4 is 25.3 Å². The van der Waals surface area contributed by atoms with Crippen LogP contribution in [0, 0.1) is 0 Å². The Hall–Kier alpha value is -2.73. The number of methoxy groups -OCH3 is 3. The van der Waals surface area contributed by atoms with E-state index in [0.29, 0.717) is 36.6 Å². The van der Waals surface area contributed by atoms with Crippen LogP contribution in [-0.4, -0.2) is 33.8 Å². The van der Waals surface area contributed by atoms with E-state index in [4.69, 9.17) is 19.9 Å². The number of nitrogens with one attached hydrogen (secondary N) is 1. The molecule has 26 heavy (non-hydrogen) atoms. The third kappa shape index (κ3) is 4.89. The van der Waals surface area contributed by atoms with Crippen molar-refractivity contribution in [2.24, 2.45) is 5.73 Å². The van der Waals surface area contributed by atoms with Gasteiger partial charge < -0.3 is 25.3 Å². The molecular formula is C20H26N2O4. The van der Waals surface area contributed by atoms with Crippen molar-refractivity contribution in [3.8, 4) is 17.2 Å². The summed E-state index contributed by atoms with van der Waals surface area (Å²) in [4.78, 5) is 12.2. The number of ether oxygens (including phenoxy) is 3. The molecule has 0 aliphatic carbocycles. The third-order valence-corrected chi connectivity index (χ3v) is 4.15. The summed E-state index contributed by atoms with van der Waals surface area (Å²) in [6.07, 6.45) is 0.850. The molecule has 0 fully saturated rings. The first-order valence-corrected chi connectivity index (χ1v) is 8.45. The van der Waals surface area contributed by atoms with E-state index in [1.54, 1.807) is 27.4 Å². The van der Waals surface area contributed by atoms with Gasteiger partial charge in [-0.2, -0.15) is 0 Å². The molecule has 0 aliphatic rings. The lowest BCUT2D eigenvalue weighted by molar-refractivity contribution is -0.121. The van der Waals surface area contributed by atoms with Gasteiger partial charge >= 0.3 is 0 Å². The molecule has 1 unspecified atom stereocenters. The zero-order valence-electron chi connectivity index (χ0n) is 15.5. The van der Waals surface area contributed by atoms with E-state index in [2.05, 4.69) is 5.32 Å². The van der Waals surface area contributed by atoms with Gasteiger partial charge in [-0.15, -0.1) is 0 Å². The topological polar surface area (TPSA) is 82.8 Å². The Bertz CT molecular complexity index is 719. The van der Waals surface area contributed by atoms with Gasteiger partial charge in [0, 0.05) is 19.0 Å². The van der Waals surface area contributed by atoms with Crippen molar-refractivity contribution < 1.29 is 19.0 Å². The average Bonchev–Trinajstić information content (AvgIpc) is 2.69. The molecule has 0 spiro atoms. The number of carbonyl (C=O) groups excluding carboxylic acids is 1. The van der Waals surface area contributed by atoms with Gasteiger partial charge in [0.15, 0.2) is 11.5 Å². The Kier molecular flexibility index (Phi) is 7.29. The molecule has 0 aromatic heterocycles. The van der Waals surface area contributed by atoms with Gasteiger partial charge in [-0.1, -0.05) is 36.4 Å². The van der Waals surface area contributed by atoms with Crippen LogP contribution in [0.15, 0.2) is 42.5 Å². The van der Waals surface area contributed by atoms with Gasteiger partial charge in [0.05, 0.1) is 21.3 Å². The van der Waals surface area contributed by atoms with Gasteiger partial charge in [0.25, 0.3) is 0 Å². The van der Waals surface area contributed by atoms with Crippen LogP contribution in [-0.2, 0) is 11.2 Å². The molecular weight excluding hydrogens is 332 g/mol. The normalized spacial score (nSPS) is 11.5. The van der Waals surface area contributed by atoms with Crippen molar-refractivity contribution in [2.45, 2.75) is 18.9 Å². The predicted octanol–water partition coefficient (Wildman–Crippen LogP) is 2.46. The maximum absolute atomic E-state index is 12.2. The summed E-state index contributed by atoms with van der Waals surface area (Å²) in [6.45, 7) is 0.395. The second-order valence-electron chi connectivity index (χ2n) is 5.81. The summed E-state index contributed by atoms with van der Waals surface area (Å²) in [6, 6.07) is 13.2. The molecule has 3 N–H and O–H groups in total. The third-order valence-electron chi connectivity index (χ3n) is 4.15. The highest BCUT2D eigenvalue weighted by molar-refractivity contribution is 5.76. The van der Waals surface area contributed by atoms with Crippen molar-refractivity contribution >= 4 is 5.91 Å². The van der Waals surface area contributed by atoms with Crippen LogP contribution in [0.1, 0.15) is 23.6 Å². The lowest BCUT2D eigenvalue weighted by Gasteiger charge is -2.16. The summed E-state index contributed by atoms with van der Waals surface area (Å²) < 4.78 is 16.1. The molecule has 0 saturated carbocycles. The number of rotatable bonds is 9. The summed E-state index contributed by atoms with van der Waals surface area (Å²) in [5, 5.41) is 2.88. The fourth-order valence-electron chi connectivity index (χ4n) is 2.74. The lowest BCUT2D eigenvalue weighted by Crippen LogP contribution is -2.32. The van der Waals surface area contributed by atoms with E-state index in [9.17, 15) is 4.79 Å². The molecule has 1 atom stereocenters. The molecule has 6 nitrogen and oxygen atoms in total. The van der Waals surface area contributed by atoms with E-state index in [1.807, 2.05) is 36.4 Å². The Morgan fingerprint density at radius 3 is 2.31 bits per heavy atom. The number of aryl methyl sites for hydroxylation is 1. The van der Waals surface area contributed by atoms with Crippen molar-refractivity contribution in [2.75, 3.05) is 27.9 Å². The molecule has 0 bridgehead atoms. The highest BCUT2D eigenvalue weighted by atomic mass is 16.5. The quantitative estimate of drug-likeness (QED) is 0.719. The van der Waals surface area contributed by atoms with E-state index in [1.165, 1.54) is 0 Å². The highest BCUT2D eigenvalue weighted by Crippen LogP contribution is 2.40. The maximum atomic E-state index is 12.2. The van der Waals surface area contributed by atoms with Gasteiger partial charge in [-0.05, 0) is 23.6 Å².